The number of rotatable bonds is 2. The molecule has 0 saturated heterocycles. The molecule has 0 bridgehead atoms. The van der Waals surface area contributed by atoms with Gasteiger partial charge in [0.1, 0.15) is 15.9 Å². The van der Waals surface area contributed by atoms with Crippen molar-refractivity contribution in [1.29, 1.82) is 5.26 Å². The summed E-state index contributed by atoms with van der Waals surface area (Å²) in [4.78, 5) is 14.0. The summed E-state index contributed by atoms with van der Waals surface area (Å²) in [5.74, 6) is -0.154. The van der Waals surface area contributed by atoms with Crippen molar-refractivity contribution in [2.45, 2.75) is 19.3 Å². The van der Waals surface area contributed by atoms with Gasteiger partial charge in [-0.15, -0.1) is 22.7 Å². The lowest BCUT2D eigenvalue weighted by atomic mass is 10.1. The van der Waals surface area contributed by atoms with Crippen LogP contribution in [0, 0.1) is 11.3 Å². The number of thiophene rings is 2. The van der Waals surface area contributed by atoms with Crippen LogP contribution in [0.4, 0.5) is 5.00 Å². The van der Waals surface area contributed by atoms with Crippen LogP contribution in [0.15, 0.2) is 15.9 Å². The van der Waals surface area contributed by atoms with Gasteiger partial charge in [-0.3, -0.25) is 4.79 Å². The van der Waals surface area contributed by atoms with E-state index in [1.165, 1.54) is 27.6 Å². The molecular formula is C13H9BrN2OS2. The van der Waals surface area contributed by atoms with Gasteiger partial charge >= 0.3 is 0 Å². The van der Waals surface area contributed by atoms with Gasteiger partial charge in [-0.25, -0.2) is 0 Å². The molecule has 1 N–H and O–H groups in total. The number of carbonyl (C=O) groups excluding carboxylic acids is 1. The predicted molar refractivity (Wildman–Crippen MR) is 81.0 cm³/mol. The smallest absolute Gasteiger partial charge is 0.267 e. The highest BCUT2D eigenvalue weighted by Gasteiger charge is 2.23. The van der Waals surface area contributed by atoms with E-state index in [1.54, 1.807) is 0 Å². The topological polar surface area (TPSA) is 52.9 Å². The molecule has 2 aromatic rings. The monoisotopic (exact) mass is 352 g/mol. The van der Waals surface area contributed by atoms with Gasteiger partial charge in [0.2, 0.25) is 0 Å². The Morgan fingerprint density at radius 2 is 2.32 bits per heavy atom. The second-order valence-electron chi connectivity index (χ2n) is 4.23. The third kappa shape index (κ3) is 2.22. The van der Waals surface area contributed by atoms with Gasteiger partial charge in [0.05, 0.1) is 5.56 Å². The van der Waals surface area contributed by atoms with Gasteiger partial charge in [-0.05, 0) is 52.2 Å². The van der Waals surface area contributed by atoms with Crippen molar-refractivity contribution in [2.75, 3.05) is 5.32 Å². The van der Waals surface area contributed by atoms with E-state index in [0.717, 1.165) is 29.3 Å². The number of halogens is 1. The van der Waals surface area contributed by atoms with Gasteiger partial charge in [0, 0.05) is 9.35 Å². The lowest BCUT2D eigenvalue weighted by molar-refractivity contribution is 0.103. The molecule has 1 aliphatic rings. The van der Waals surface area contributed by atoms with Crippen LogP contribution in [-0.4, -0.2) is 5.91 Å². The Bertz CT molecular complexity index is 696. The molecule has 0 radical (unpaired) electrons. The number of nitriles is 1. The quantitative estimate of drug-likeness (QED) is 0.880. The fourth-order valence-corrected chi connectivity index (χ4v) is 4.91. The molecule has 2 heterocycles. The Morgan fingerprint density at radius 3 is 3.00 bits per heavy atom. The number of hydrogen-bond acceptors (Lipinski definition) is 4. The SMILES string of the molecule is N#Cc1c(NC(=O)c2sccc2Br)sc2c1CCC2. The Hall–Kier alpha value is -1.16. The summed E-state index contributed by atoms with van der Waals surface area (Å²) in [6.07, 6.45) is 3.08. The van der Waals surface area contributed by atoms with Gasteiger partial charge in [0.25, 0.3) is 5.91 Å². The van der Waals surface area contributed by atoms with E-state index in [1.807, 2.05) is 11.4 Å². The normalized spacial score (nSPS) is 13.1. The molecule has 2 aromatic heterocycles. The number of nitrogens with one attached hydrogen (secondary N) is 1. The van der Waals surface area contributed by atoms with E-state index in [9.17, 15) is 10.1 Å². The van der Waals surface area contributed by atoms with Gasteiger partial charge in [-0.1, -0.05) is 0 Å². The molecule has 96 valence electrons. The lowest BCUT2D eigenvalue weighted by Gasteiger charge is -2.02. The minimum Gasteiger partial charge on any atom is -0.312 e. The van der Waals surface area contributed by atoms with Gasteiger partial charge in [0.15, 0.2) is 0 Å². The zero-order valence-electron chi connectivity index (χ0n) is 9.83. The third-order valence-corrected chi connectivity index (χ3v) is 6.13. The maximum absolute atomic E-state index is 12.2. The molecule has 0 aliphatic heterocycles. The zero-order valence-corrected chi connectivity index (χ0v) is 13.0. The molecule has 0 unspecified atom stereocenters. The summed E-state index contributed by atoms with van der Waals surface area (Å²) in [5, 5.41) is 14.7. The number of amides is 1. The molecule has 0 atom stereocenters. The van der Waals surface area contributed by atoms with Crippen LogP contribution in [-0.2, 0) is 12.8 Å². The first-order valence-electron chi connectivity index (χ1n) is 5.79. The summed E-state index contributed by atoms with van der Waals surface area (Å²) >= 11 is 6.27. The number of carbonyl (C=O) groups is 1. The van der Waals surface area contributed by atoms with Crippen molar-refractivity contribution < 1.29 is 4.79 Å². The van der Waals surface area contributed by atoms with Crippen LogP contribution in [0.25, 0.3) is 0 Å². The number of anilines is 1. The molecule has 3 nitrogen and oxygen atoms in total. The standard InChI is InChI=1S/C13H9BrN2OS2/c14-9-4-5-18-11(9)12(17)16-13-8(6-15)7-2-1-3-10(7)19-13/h4-5H,1-3H2,(H,16,17). The molecule has 3 rings (SSSR count). The van der Waals surface area contributed by atoms with E-state index < -0.39 is 0 Å². The van der Waals surface area contributed by atoms with Crippen molar-refractivity contribution >= 4 is 49.5 Å². The van der Waals surface area contributed by atoms with Crippen molar-refractivity contribution in [3.8, 4) is 6.07 Å². The maximum Gasteiger partial charge on any atom is 0.267 e. The Morgan fingerprint density at radius 1 is 1.47 bits per heavy atom. The summed E-state index contributed by atoms with van der Waals surface area (Å²) in [5.41, 5.74) is 1.78. The van der Waals surface area contributed by atoms with Crippen molar-refractivity contribution in [3.63, 3.8) is 0 Å². The average molecular weight is 353 g/mol. The van der Waals surface area contributed by atoms with E-state index >= 15 is 0 Å². The maximum atomic E-state index is 12.2. The molecule has 0 aromatic carbocycles. The average Bonchev–Trinajstić information content (AvgIpc) is 3.04. The third-order valence-electron chi connectivity index (χ3n) is 3.08. The molecule has 0 spiro atoms. The number of aryl methyl sites for hydroxylation is 1. The Kier molecular flexibility index (Phi) is 3.44. The van der Waals surface area contributed by atoms with Crippen LogP contribution in [0.3, 0.4) is 0 Å². The molecular weight excluding hydrogens is 344 g/mol. The Balaban J connectivity index is 1.91. The Labute approximate surface area is 127 Å². The highest BCUT2D eigenvalue weighted by molar-refractivity contribution is 9.10. The van der Waals surface area contributed by atoms with E-state index in [0.29, 0.717) is 15.4 Å². The molecule has 0 saturated carbocycles. The van der Waals surface area contributed by atoms with Crippen LogP contribution >= 0.6 is 38.6 Å². The van der Waals surface area contributed by atoms with Crippen molar-refractivity contribution in [2.24, 2.45) is 0 Å². The molecule has 1 amide bonds. The molecule has 1 aliphatic carbocycles. The van der Waals surface area contributed by atoms with Crippen molar-refractivity contribution in [3.05, 3.63) is 36.8 Å². The first-order chi connectivity index (χ1) is 9.20. The predicted octanol–water partition coefficient (Wildman–Crippen LogP) is 4.18. The summed E-state index contributed by atoms with van der Waals surface area (Å²) in [7, 11) is 0. The zero-order chi connectivity index (χ0) is 13.4. The summed E-state index contributed by atoms with van der Waals surface area (Å²) in [6, 6.07) is 4.08. The van der Waals surface area contributed by atoms with E-state index in [4.69, 9.17) is 0 Å². The summed E-state index contributed by atoms with van der Waals surface area (Å²) < 4.78 is 0.789. The number of fused-ring (bicyclic) bond motifs is 1. The van der Waals surface area contributed by atoms with Gasteiger partial charge in [-0.2, -0.15) is 5.26 Å². The second kappa shape index (κ2) is 5.08. The second-order valence-corrected chi connectivity index (χ2v) is 7.10. The van der Waals surface area contributed by atoms with E-state index in [-0.39, 0.29) is 5.91 Å². The fourth-order valence-electron chi connectivity index (χ4n) is 2.23. The van der Waals surface area contributed by atoms with Crippen LogP contribution in [0.2, 0.25) is 0 Å². The highest BCUT2D eigenvalue weighted by Crippen LogP contribution is 2.39. The van der Waals surface area contributed by atoms with Crippen LogP contribution in [0.1, 0.15) is 32.1 Å². The molecule has 6 heteroatoms. The molecule has 19 heavy (non-hydrogen) atoms. The largest absolute Gasteiger partial charge is 0.312 e. The fraction of sp³-hybridized carbons (Fsp3) is 0.231. The molecule has 0 fully saturated rings. The lowest BCUT2D eigenvalue weighted by Crippen LogP contribution is -2.10. The van der Waals surface area contributed by atoms with E-state index in [2.05, 4.69) is 27.3 Å². The number of nitrogens with zero attached hydrogens (tertiary/aromatic N) is 1. The minimum absolute atomic E-state index is 0.154. The number of hydrogen-bond donors (Lipinski definition) is 1. The van der Waals surface area contributed by atoms with Gasteiger partial charge < -0.3 is 5.32 Å². The first-order valence-corrected chi connectivity index (χ1v) is 8.28. The minimum atomic E-state index is -0.154. The van der Waals surface area contributed by atoms with Crippen LogP contribution < -0.4 is 5.32 Å². The highest BCUT2D eigenvalue weighted by atomic mass is 79.9. The first kappa shape index (κ1) is 12.9. The van der Waals surface area contributed by atoms with Crippen LogP contribution in [0.5, 0.6) is 0 Å². The summed E-state index contributed by atoms with van der Waals surface area (Å²) in [6.45, 7) is 0. The van der Waals surface area contributed by atoms with Crippen molar-refractivity contribution in [1.82, 2.24) is 0 Å².